The third-order valence-corrected chi connectivity index (χ3v) is 5.69. The van der Waals surface area contributed by atoms with Crippen molar-refractivity contribution < 1.29 is 23.3 Å². The van der Waals surface area contributed by atoms with Crippen molar-refractivity contribution in [3.8, 4) is 0 Å². The molecular weight excluding hydrogens is 360 g/mol. The third kappa shape index (κ3) is 2.85. The number of hydrogen-bond acceptors (Lipinski definition) is 4. The number of nitro groups is 1. The summed E-state index contributed by atoms with van der Waals surface area (Å²) in [6.45, 7) is -1.16. The normalized spacial score (nSPS) is 29.9. The van der Waals surface area contributed by atoms with Crippen molar-refractivity contribution in [2.75, 3.05) is 26.2 Å². The predicted molar refractivity (Wildman–Crippen MR) is 90.4 cm³/mol. The largest absolute Gasteiger partial charge is 0.336 e. The highest BCUT2D eigenvalue weighted by atomic mass is 19.2. The van der Waals surface area contributed by atoms with Crippen LogP contribution < -0.4 is 0 Å². The van der Waals surface area contributed by atoms with Gasteiger partial charge >= 0.3 is 0 Å². The topological polar surface area (TPSA) is 83.8 Å². The number of para-hydroxylation sites is 1. The first-order valence-electron chi connectivity index (χ1n) is 8.91. The van der Waals surface area contributed by atoms with Gasteiger partial charge in [-0.15, -0.1) is 0 Å². The molecule has 1 saturated carbocycles. The Kier molecular flexibility index (Phi) is 3.94. The van der Waals surface area contributed by atoms with Crippen molar-refractivity contribution >= 4 is 17.5 Å². The van der Waals surface area contributed by atoms with Gasteiger partial charge in [-0.1, -0.05) is 18.2 Å². The maximum atomic E-state index is 15.3. The highest BCUT2D eigenvalue weighted by Gasteiger charge is 2.71. The van der Waals surface area contributed by atoms with E-state index in [0.717, 1.165) is 17.7 Å². The summed E-state index contributed by atoms with van der Waals surface area (Å²) in [5, 5.41) is 11.1. The van der Waals surface area contributed by atoms with Crippen molar-refractivity contribution in [1.82, 2.24) is 9.80 Å². The van der Waals surface area contributed by atoms with Gasteiger partial charge in [-0.3, -0.25) is 19.7 Å². The lowest BCUT2D eigenvalue weighted by Crippen LogP contribution is -2.47. The number of carbonyl (C=O) groups is 2. The molecule has 1 aromatic rings. The first kappa shape index (κ1) is 17.8. The standard InChI is InChI=1S/C18H19F2N3O4/c19-17-9-21(8-12-5-6-12)16(25)18(17,20)11-22(10-17)15(24)7-13-3-1-2-4-14(13)23(26)27/h1-4,12H,5-11H2/t17-,18-/m1/s1. The van der Waals surface area contributed by atoms with Gasteiger partial charge in [-0.25, -0.2) is 8.78 Å². The Morgan fingerprint density at radius 3 is 2.56 bits per heavy atom. The summed E-state index contributed by atoms with van der Waals surface area (Å²) in [5.41, 5.74) is -5.22. The Hall–Kier alpha value is -2.58. The number of rotatable bonds is 5. The van der Waals surface area contributed by atoms with Crippen LogP contribution in [-0.2, 0) is 16.0 Å². The fraction of sp³-hybridized carbons (Fsp3) is 0.556. The number of carbonyl (C=O) groups excluding carboxylic acids is 2. The van der Waals surface area contributed by atoms with Gasteiger partial charge in [-0.05, 0) is 18.8 Å². The molecule has 2 heterocycles. The number of amides is 2. The SMILES string of the molecule is O=C(Cc1ccccc1[N+](=O)[O-])N1C[C@]2(F)CN(CC3CC3)C(=O)[C@]2(F)C1. The van der Waals surface area contributed by atoms with Crippen LogP contribution in [0.2, 0.25) is 0 Å². The van der Waals surface area contributed by atoms with Gasteiger partial charge in [0.2, 0.25) is 11.6 Å². The van der Waals surface area contributed by atoms with Crippen molar-refractivity contribution in [1.29, 1.82) is 0 Å². The van der Waals surface area contributed by atoms with Crippen molar-refractivity contribution in [3.63, 3.8) is 0 Å². The highest BCUT2D eigenvalue weighted by Crippen LogP contribution is 2.46. The molecule has 2 atom stereocenters. The Bertz CT molecular complexity index is 831. The number of nitro benzene ring substituents is 1. The molecule has 2 aliphatic heterocycles. The number of hydrogen-bond donors (Lipinski definition) is 0. The second-order valence-corrected chi connectivity index (χ2v) is 7.71. The minimum absolute atomic E-state index is 0.173. The number of fused-ring (bicyclic) bond motifs is 1. The molecule has 3 aliphatic rings. The van der Waals surface area contributed by atoms with E-state index in [9.17, 15) is 19.7 Å². The van der Waals surface area contributed by atoms with Crippen molar-refractivity contribution in [2.45, 2.75) is 30.6 Å². The lowest BCUT2D eigenvalue weighted by Gasteiger charge is -2.22. The lowest BCUT2D eigenvalue weighted by molar-refractivity contribution is -0.385. The second kappa shape index (κ2) is 5.97. The molecule has 27 heavy (non-hydrogen) atoms. The molecule has 0 N–H and O–H groups in total. The van der Waals surface area contributed by atoms with Gasteiger partial charge in [0.1, 0.15) is 0 Å². The van der Waals surface area contributed by atoms with Gasteiger partial charge in [-0.2, -0.15) is 0 Å². The van der Waals surface area contributed by atoms with Crippen LogP contribution in [-0.4, -0.2) is 64.1 Å². The fourth-order valence-electron chi connectivity index (χ4n) is 4.00. The molecule has 3 fully saturated rings. The average molecular weight is 379 g/mol. The summed E-state index contributed by atoms with van der Waals surface area (Å²) in [6.07, 6.45) is 1.58. The number of halogens is 2. The molecule has 1 aliphatic carbocycles. The van der Waals surface area contributed by atoms with Crippen LogP contribution in [0.3, 0.4) is 0 Å². The Morgan fingerprint density at radius 2 is 1.93 bits per heavy atom. The van der Waals surface area contributed by atoms with E-state index in [4.69, 9.17) is 0 Å². The summed E-state index contributed by atoms with van der Waals surface area (Å²) < 4.78 is 30.6. The molecule has 2 amide bonds. The number of nitrogens with zero attached hydrogens (tertiary/aromatic N) is 3. The molecule has 0 aromatic heterocycles. The summed E-state index contributed by atoms with van der Waals surface area (Å²) in [4.78, 5) is 37.6. The fourth-order valence-corrected chi connectivity index (χ4v) is 4.00. The minimum atomic E-state index is -2.74. The summed E-state index contributed by atoms with van der Waals surface area (Å²) in [5.74, 6) is -1.21. The number of benzene rings is 1. The van der Waals surface area contributed by atoms with Crippen LogP contribution in [0.5, 0.6) is 0 Å². The van der Waals surface area contributed by atoms with Gasteiger partial charge in [0, 0.05) is 18.2 Å². The number of alkyl halides is 2. The zero-order chi connectivity index (χ0) is 19.4. The molecule has 144 valence electrons. The molecule has 1 aromatic carbocycles. The minimum Gasteiger partial charge on any atom is -0.336 e. The van der Waals surface area contributed by atoms with E-state index in [-0.39, 0.29) is 24.2 Å². The molecule has 7 nitrogen and oxygen atoms in total. The van der Waals surface area contributed by atoms with Crippen LogP contribution in [0.1, 0.15) is 18.4 Å². The molecule has 0 bridgehead atoms. The van der Waals surface area contributed by atoms with Crippen LogP contribution in [0, 0.1) is 16.0 Å². The number of likely N-dealkylation sites (tertiary alicyclic amines) is 2. The highest BCUT2D eigenvalue weighted by molar-refractivity contribution is 5.92. The summed E-state index contributed by atoms with van der Waals surface area (Å²) >= 11 is 0. The molecular formula is C18H19F2N3O4. The molecule has 9 heteroatoms. The van der Waals surface area contributed by atoms with E-state index >= 15 is 8.78 Å². The Morgan fingerprint density at radius 1 is 1.22 bits per heavy atom. The molecule has 4 rings (SSSR count). The maximum absolute atomic E-state index is 15.3. The Balaban J connectivity index is 1.49. The van der Waals surface area contributed by atoms with Crippen molar-refractivity contribution in [3.05, 3.63) is 39.9 Å². The molecule has 0 unspecified atom stereocenters. The second-order valence-electron chi connectivity index (χ2n) is 7.71. The molecule has 0 radical (unpaired) electrons. The van der Waals surface area contributed by atoms with Crippen LogP contribution in [0.15, 0.2) is 24.3 Å². The zero-order valence-electron chi connectivity index (χ0n) is 14.6. The van der Waals surface area contributed by atoms with Gasteiger partial charge in [0.15, 0.2) is 5.67 Å². The van der Waals surface area contributed by atoms with E-state index in [1.807, 2.05) is 0 Å². The monoisotopic (exact) mass is 379 g/mol. The van der Waals surface area contributed by atoms with E-state index < -0.39 is 41.2 Å². The maximum Gasteiger partial charge on any atom is 0.273 e. The summed E-state index contributed by atoms with van der Waals surface area (Å²) in [7, 11) is 0. The lowest BCUT2D eigenvalue weighted by atomic mass is 9.93. The molecule has 0 spiro atoms. The molecule has 2 saturated heterocycles. The van der Waals surface area contributed by atoms with Crippen molar-refractivity contribution in [2.24, 2.45) is 5.92 Å². The average Bonchev–Trinajstić information content (AvgIpc) is 3.35. The van der Waals surface area contributed by atoms with E-state index in [2.05, 4.69) is 0 Å². The van der Waals surface area contributed by atoms with E-state index in [1.54, 1.807) is 6.07 Å². The third-order valence-electron chi connectivity index (χ3n) is 5.69. The van der Waals surface area contributed by atoms with Gasteiger partial charge < -0.3 is 9.80 Å². The zero-order valence-corrected chi connectivity index (χ0v) is 14.6. The Labute approximate surface area is 154 Å². The first-order valence-corrected chi connectivity index (χ1v) is 8.91. The van der Waals surface area contributed by atoms with Crippen LogP contribution in [0.4, 0.5) is 14.5 Å². The predicted octanol–water partition coefficient (Wildman–Crippen LogP) is 1.65. The summed E-state index contributed by atoms with van der Waals surface area (Å²) in [6, 6.07) is 5.74. The van der Waals surface area contributed by atoms with Crippen LogP contribution >= 0.6 is 0 Å². The van der Waals surface area contributed by atoms with E-state index in [0.29, 0.717) is 12.5 Å². The van der Waals surface area contributed by atoms with E-state index in [1.165, 1.54) is 23.1 Å². The van der Waals surface area contributed by atoms with Gasteiger partial charge in [0.25, 0.3) is 11.6 Å². The quantitative estimate of drug-likeness (QED) is 0.575. The smallest absolute Gasteiger partial charge is 0.273 e. The van der Waals surface area contributed by atoms with Gasteiger partial charge in [0.05, 0.1) is 31.0 Å². The van der Waals surface area contributed by atoms with Crippen LogP contribution in [0.25, 0.3) is 0 Å². The first-order chi connectivity index (χ1) is 12.7.